The van der Waals surface area contributed by atoms with E-state index >= 15 is 0 Å². The molecule has 2 fully saturated rings. The number of benzene rings is 1. The number of carbonyl (C=O) groups excluding carboxylic acids is 2. The van der Waals surface area contributed by atoms with Gasteiger partial charge in [0.15, 0.2) is 0 Å². The fourth-order valence-electron chi connectivity index (χ4n) is 4.41. The molecule has 174 valence electrons. The smallest absolute Gasteiger partial charge is 0.290 e. The number of hydrogen-bond donors (Lipinski definition) is 5. The van der Waals surface area contributed by atoms with Gasteiger partial charge in [-0.3, -0.25) is 19.3 Å². The number of rotatable bonds is 9. The van der Waals surface area contributed by atoms with Crippen LogP contribution < -0.4 is 10.6 Å². The maximum Gasteiger partial charge on any atom is 0.290 e. The fraction of sp³-hybridized carbons (Fsp3) is 0.522. The van der Waals surface area contributed by atoms with Crippen molar-refractivity contribution in [3.05, 3.63) is 36.0 Å². The number of nitrogens with one attached hydrogen (secondary N) is 3. The first-order valence-corrected chi connectivity index (χ1v) is 11.1. The largest absolute Gasteiger partial charge is 0.483 e. The molecule has 0 radical (unpaired) electrons. The number of carbonyl (C=O) groups is 3. The molecule has 0 spiro atoms. The molecule has 1 aromatic heterocycles. The Labute approximate surface area is 187 Å². The number of nitrogens with zero attached hydrogens (tertiary/aromatic N) is 1. The number of aliphatic hydroxyl groups is 1. The Hall–Kier alpha value is -2.91. The van der Waals surface area contributed by atoms with Crippen LogP contribution in [0.15, 0.2) is 30.5 Å². The van der Waals surface area contributed by atoms with Gasteiger partial charge in [0, 0.05) is 49.7 Å². The van der Waals surface area contributed by atoms with E-state index < -0.39 is 0 Å². The van der Waals surface area contributed by atoms with E-state index in [0.29, 0.717) is 25.1 Å². The first kappa shape index (κ1) is 23.7. The lowest BCUT2D eigenvalue weighted by molar-refractivity contribution is -0.123. The van der Waals surface area contributed by atoms with Crippen molar-refractivity contribution >= 4 is 29.2 Å². The molecular weight excluding hydrogens is 412 g/mol. The van der Waals surface area contributed by atoms with Crippen LogP contribution in [0.25, 0.3) is 10.9 Å². The lowest BCUT2D eigenvalue weighted by Crippen LogP contribution is -2.45. The van der Waals surface area contributed by atoms with E-state index in [4.69, 9.17) is 15.0 Å². The summed E-state index contributed by atoms with van der Waals surface area (Å²) >= 11 is 0. The van der Waals surface area contributed by atoms with Gasteiger partial charge in [-0.15, -0.1) is 0 Å². The highest BCUT2D eigenvalue weighted by Gasteiger charge is 2.38. The van der Waals surface area contributed by atoms with Crippen LogP contribution in [-0.2, 0) is 9.59 Å². The van der Waals surface area contributed by atoms with E-state index in [-0.39, 0.29) is 37.0 Å². The minimum absolute atomic E-state index is 0.00652. The topological polar surface area (TPSA) is 135 Å². The summed E-state index contributed by atoms with van der Waals surface area (Å²) in [5, 5.41) is 22.7. The zero-order chi connectivity index (χ0) is 22.9. The maximum atomic E-state index is 12.8. The molecule has 32 heavy (non-hydrogen) atoms. The predicted molar refractivity (Wildman–Crippen MR) is 120 cm³/mol. The quantitative estimate of drug-likeness (QED) is 0.371. The second kappa shape index (κ2) is 11.6. The molecule has 2 amide bonds. The number of aromatic nitrogens is 1. The molecule has 1 aliphatic carbocycles. The summed E-state index contributed by atoms with van der Waals surface area (Å²) in [5.74, 6) is 0.656. The van der Waals surface area contributed by atoms with Crippen LogP contribution in [0.5, 0.6) is 0 Å². The highest BCUT2D eigenvalue weighted by Crippen LogP contribution is 2.35. The van der Waals surface area contributed by atoms with Crippen molar-refractivity contribution < 1.29 is 24.6 Å². The summed E-state index contributed by atoms with van der Waals surface area (Å²) in [7, 11) is 0. The molecule has 1 saturated carbocycles. The van der Waals surface area contributed by atoms with Gasteiger partial charge in [0.1, 0.15) is 0 Å². The maximum absolute atomic E-state index is 12.8. The van der Waals surface area contributed by atoms with E-state index in [1.165, 1.54) is 12.8 Å². The van der Waals surface area contributed by atoms with Gasteiger partial charge in [-0.1, -0.05) is 12.1 Å². The summed E-state index contributed by atoms with van der Waals surface area (Å²) in [6.45, 7) is 1.62. The summed E-state index contributed by atoms with van der Waals surface area (Å²) < 4.78 is 0. The first-order chi connectivity index (χ1) is 15.6. The Kier molecular flexibility index (Phi) is 8.64. The highest BCUT2D eigenvalue weighted by atomic mass is 16.3. The molecule has 5 N–H and O–H groups in total. The molecule has 2 heterocycles. The summed E-state index contributed by atoms with van der Waals surface area (Å²) in [6.07, 6.45) is 6.77. The van der Waals surface area contributed by atoms with Crippen LogP contribution in [0.2, 0.25) is 0 Å². The van der Waals surface area contributed by atoms with Crippen LogP contribution >= 0.6 is 0 Å². The Balaban J connectivity index is 0.000000913. The Bertz CT molecular complexity index is 911. The lowest BCUT2D eigenvalue weighted by Gasteiger charge is -2.30. The molecule has 1 aromatic carbocycles. The van der Waals surface area contributed by atoms with Crippen LogP contribution in [-0.4, -0.2) is 76.7 Å². The molecule has 2 aromatic rings. The molecule has 9 nitrogen and oxygen atoms in total. The third kappa shape index (κ3) is 6.30. The molecule has 1 saturated heterocycles. The molecular formula is C23H32N4O5. The second-order valence-electron chi connectivity index (χ2n) is 8.37. The van der Waals surface area contributed by atoms with Crippen molar-refractivity contribution in [1.82, 2.24) is 20.5 Å². The van der Waals surface area contributed by atoms with Gasteiger partial charge in [0.2, 0.25) is 5.91 Å². The van der Waals surface area contributed by atoms with Crippen molar-refractivity contribution in [2.24, 2.45) is 5.92 Å². The van der Waals surface area contributed by atoms with Crippen LogP contribution in [0, 0.1) is 5.92 Å². The lowest BCUT2D eigenvalue weighted by atomic mass is 10.1. The summed E-state index contributed by atoms with van der Waals surface area (Å²) in [5.41, 5.74) is 1.53. The average Bonchev–Trinajstić information content (AvgIpc) is 3.34. The molecule has 0 unspecified atom stereocenters. The van der Waals surface area contributed by atoms with E-state index in [0.717, 1.165) is 36.2 Å². The fourth-order valence-corrected chi connectivity index (χ4v) is 4.41. The van der Waals surface area contributed by atoms with Gasteiger partial charge < -0.3 is 25.8 Å². The van der Waals surface area contributed by atoms with E-state index in [1.807, 2.05) is 30.5 Å². The number of fused-ring (bicyclic) bond motifs is 1. The summed E-state index contributed by atoms with van der Waals surface area (Å²) in [4.78, 5) is 38.9. The number of carboxylic acid groups (broad SMARTS) is 1. The van der Waals surface area contributed by atoms with Crippen LogP contribution in [0.4, 0.5) is 0 Å². The van der Waals surface area contributed by atoms with Crippen molar-refractivity contribution in [2.75, 3.05) is 26.2 Å². The van der Waals surface area contributed by atoms with Gasteiger partial charge in [-0.25, -0.2) is 0 Å². The van der Waals surface area contributed by atoms with Crippen molar-refractivity contribution in [1.29, 1.82) is 0 Å². The molecule has 2 atom stereocenters. The van der Waals surface area contributed by atoms with Gasteiger partial charge in [-0.05, 0) is 43.7 Å². The minimum Gasteiger partial charge on any atom is -0.483 e. The highest BCUT2D eigenvalue weighted by molar-refractivity contribution is 6.05. The standard InChI is InChI=1S/C22H30N4O3.CH2O2/c27-11-10-23-20(28)12-17-6-7-18(26(17)14-15-4-5-15)13-25-22(29)19-3-1-2-16-8-9-24-21(16)19;2-1-3/h1-3,8-9,15,17-18,24,27H,4-7,10-14H2,(H,23,28)(H,25,29);1H,(H,2,3)/t17-,18+;/m1./s1. The monoisotopic (exact) mass is 444 g/mol. The zero-order valence-corrected chi connectivity index (χ0v) is 18.1. The molecule has 1 aliphatic heterocycles. The van der Waals surface area contributed by atoms with Crippen LogP contribution in [0.3, 0.4) is 0 Å². The molecule has 9 heteroatoms. The zero-order valence-electron chi connectivity index (χ0n) is 18.1. The van der Waals surface area contributed by atoms with E-state index in [9.17, 15) is 9.59 Å². The number of likely N-dealkylation sites (tertiary alicyclic amines) is 1. The van der Waals surface area contributed by atoms with Gasteiger partial charge >= 0.3 is 0 Å². The number of amides is 2. The third-order valence-electron chi connectivity index (χ3n) is 6.12. The number of aromatic amines is 1. The number of hydrogen-bond acceptors (Lipinski definition) is 5. The van der Waals surface area contributed by atoms with Crippen LogP contribution in [0.1, 0.15) is 42.5 Å². The minimum atomic E-state index is -0.250. The second-order valence-corrected chi connectivity index (χ2v) is 8.37. The Morgan fingerprint density at radius 2 is 1.88 bits per heavy atom. The number of aliphatic hydroxyl groups excluding tert-OH is 1. The number of H-pyrrole nitrogens is 1. The Morgan fingerprint density at radius 1 is 1.12 bits per heavy atom. The van der Waals surface area contributed by atoms with Crippen molar-refractivity contribution in [3.63, 3.8) is 0 Å². The predicted octanol–water partition coefficient (Wildman–Crippen LogP) is 1.34. The normalized spacial score (nSPS) is 20.4. The number of para-hydroxylation sites is 1. The SMILES string of the molecule is O=C(C[C@H]1CC[C@@H](CNC(=O)c2cccc3cc[nH]c23)N1CC1CC1)NCCO.O=CO. The van der Waals surface area contributed by atoms with Gasteiger partial charge in [0.05, 0.1) is 17.7 Å². The average molecular weight is 445 g/mol. The third-order valence-corrected chi connectivity index (χ3v) is 6.12. The molecule has 4 rings (SSSR count). The van der Waals surface area contributed by atoms with Gasteiger partial charge in [0.25, 0.3) is 12.4 Å². The summed E-state index contributed by atoms with van der Waals surface area (Å²) in [6, 6.07) is 8.18. The van der Waals surface area contributed by atoms with E-state index in [1.54, 1.807) is 0 Å². The molecule has 0 bridgehead atoms. The van der Waals surface area contributed by atoms with Crippen molar-refractivity contribution in [3.8, 4) is 0 Å². The molecule has 2 aliphatic rings. The first-order valence-electron chi connectivity index (χ1n) is 11.1. The Morgan fingerprint density at radius 3 is 2.59 bits per heavy atom. The van der Waals surface area contributed by atoms with Crippen molar-refractivity contribution in [2.45, 2.75) is 44.2 Å². The van der Waals surface area contributed by atoms with E-state index in [2.05, 4.69) is 20.5 Å². The van der Waals surface area contributed by atoms with Gasteiger partial charge in [-0.2, -0.15) is 0 Å².